The van der Waals surface area contributed by atoms with Gasteiger partial charge in [0.25, 0.3) is 5.56 Å². The monoisotopic (exact) mass is 470 g/mol. The number of hydrogen-bond donors (Lipinski definition) is 2. The third-order valence-electron chi connectivity index (χ3n) is 4.21. The summed E-state index contributed by atoms with van der Waals surface area (Å²) >= 11 is 2.18. The number of pyridine rings is 1. The Labute approximate surface area is 168 Å². The van der Waals surface area contributed by atoms with E-state index in [1.807, 2.05) is 47.2 Å². The van der Waals surface area contributed by atoms with Gasteiger partial charge < -0.3 is 9.67 Å². The zero-order chi connectivity index (χ0) is 18.8. The lowest BCUT2D eigenvalue weighted by Crippen LogP contribution is -2.08. The number of aliphatic imine (C=N–C) groups is 1. The molecule has 4 rings (SSSR count). The van der Waals surface area contributed by atoms with Crippen LogP contribution in [-0.2, 0) is 6.54 Å². The first kappa shape index (κ1) is 17.5. The second kappa shape index (κ2) is 7.36. The maximum absolute atomic E-state index is 12.0. The number of hydrogen-bond acceptors (Lipinski definition) is 4. The summed E-state index contributed by atoms with van der Waals surface area (Å²) in [4.78, 5) is 23.0. The van der Waals surface area contributed by atoms with Gasteiger partial charge in [0.15, 0.2) is 0 Å². The molecule has 0 spiro atoms. The van der Waals surface area contributed by atoms with Gasteiger partial charge in [0.05, 0.1) is 17.6 Å². The molecular formula is C20H15IN4O2. The number of rotatable bonds is 4. The van der Waals surface area contributed by atoms with Crippen LogP contribution < -0.4 is 5.56 Å². The van der Waals surface area contributed by atoms with Crippen LogP contribution in [0.2, 0.25) is 0 Å². The SMILES string of the molecule is O=c1[nH]c(O)c(C=Nc2ccc(Cn3ccnc3)cc2)c2cc(I)ccc12. The summed E-state index contributed by atoms with van der Waals surface area (Å²) in [6, 6.07) is 13.3. The Morgan fingerprint density at radius 1 is 1.19 bits per heavy atom. The summed E-state index contributed by atoms with van der Waals surface area (Å²) in [5, 5.41) is 11.4. The van der Waals surface area contributed by atoms with E-state index in [1.165, 1.54) is 0 Å². The molecule has 2 heterocycles. The first-order valence-corrected chi connectivity index (χ1v) is 9.31. The Morgan fingerprint density at radius 3 is 2.74 bits per heavy atom. The van der Waals surface area contributed by atoms with Crippen molar-refractivity contribution in [3.8, 4) is 5.88 Å². The molecule has 134 valence electrons. The van der Waals surface area contributed by atoms with Gasteiger partial charge in [-0.15, -0.1) is 0 Å². The molecule has 0 aliphatic heterocycles. The van der Waals surface area contributed by atoms with Gasteiger partial charge in [-0.3, -0.25) is 14.8 Å². The molecule has 27 heavy (non-hydrogen) atoms. The maximum Gasteiger partial charge on any atom is 0.258 e. The Hall–Kier alpha value is -2.94. The molecule has 6 nitrogen and oxygen atoms in total. The van der Waals surface area contributed by atoms with Crippen LogP contribution >= 0.6 is 22.6 Å². The molecule has 0 fully saturated rings. The van der Waals surface area contributed by atoms with E-state index < -0.39 is 0 Å². The number of fused-ring (bicyclic) bond motifs is 1. The standard InChI is InChI=1S/C20H15IN4O2/c21-14-3-6-16-17(9-14)18(20(27)24-19(16)26)10-23-15-4-1-13(2-5-15)11-25-8-7-22-12-25/h1-10,12H,11H2,(H2,24,26,27). The molecule has 0 saturated carbocycles. The highest BCUT2D eigenvalue weighted by Gasteiger charge is 2.09. The van der Waals surface area contributed by atoms with Crippen LogP contribution in [0.1, 0.15) is 11.1 Å². The predicted molar refractivity (Wildman–Crippen MR) is 114 cm³/mol. The summed E-state index contributed by atoms with van der Waals surface area (Å²) in [5.74, 6) is -0.185. The van der Waals surface area contributed by atoms with Gasteiger partial charge in [0.1, 0.15) is 0 Å². The highest BCUT2D eigenvalue weighted by molar-refractivity contribution is 14.1. The lowest BCUT2D eigenvalue weighted by molar-refractivity contribution is 0.452. The van der Waals surface area contributed by atoms with E-state index in [-0.39, 0.29) is 11.4 Å². The van der Waals surface area contributed by atoms with E-state index in [1.54, 1.807) is 24.8 Å². The number of aromatic amines is 1. The first-order chi connectivity index (χ1) is 13.1. The molecule has 0 saturated heterocycles. The molecule has 0 aliphatic rings. The number of halogens is 1. The number of benzene rings is 2. The van der Waals surface area contributed by atoms with Gasteiger partial charge in [0.2, 0.25) is 5.88 Å². The van der Waals surface area contributed by atoms with E-state index in [9.17, 15) is 9.90 Å². The first-order valence-electron chi connectivity index (χ1n) is 8.23. The van der Waals surface area contributed by atoms with Gasteiger partial charge in [-0.1, -0.05) is 12.1 Å². The number of imidazole rings is 1. The van der Waals surface area contributed by atoms with Crippen molar-refractivity contribution in [2.45, 2.75) is 6.54 Å². The smallest absolute Gasteiger partial charge is 0.258 e. The average Bonchev–Trinajstić information content (AvgIpc) is 3.15. The topological polar surface area (TPSA) is 83.3 Å². The third kappa shape index (κ3) is 3.77. The fourth-order valence-electron chi connectivity index (χ4n) is 2.86. The van der Waals surface area contributed by atoms with Crippen LogP contribution in [0.3, 0.4) is 0 Å². The number of H-pyrrole nitrogens is 1. The van der Waals surface area contributed by atoms with E-state index in [0.717, 1.165) is 21.4 Å². The molecule has 0 radical (unpaired) electrons. The minimum absolute atomic E-state index is 0.185. The van der Waals surface area contributed by atoms with Crippen LogP contribution in [0.4, 0.5) is 5.69 Å². The highest BCUT2D eigenvalue weighted by atomic mass is 127. The minimum Gasteiger partial charge on any atom is -0.494 e. The van der Waals surface area contributed by atoms with Gasteiger partial charge in [-0.05, 0) is 58.5 Å². The van der Waals surface area contributed by atoms with E-state index in [0.29, 0.717) is 16.3 Å². The Kier molecular flexibility index (Phi) is 4.76. The molecule has 0 unspecified atom stereocenters. The molecule has 0 bridgehead atoms. The van der Waals surface area contributed by atoms with Gasteiger partial charge in [-0.2, -0.15) is 0 Å². The third-order valence-corrected chi connectivity index (χ3v) is 4.88. The summed E-state index contributed by atoms with van der Waals surface area (Å²) in [6.07, 6.45) is 7.02. The normalized spacial score (nSPS) is 11.4. The zero-order valence-electron chi connectivity index (χ0n) is 14.1. The van der Waals surface area contributed by atoms with E-state index >= 15 is 0 Å². The van der Waals surface area contributed by atoms with E-state index in [4.69, 9.17) is 0 Å². The molecule has 4 aromatic rings. The number of aromatic hydroxyl groups is 1. The molecule has 0 aliphatic carbocycles. The minimum atomic E-state index is -0.320. The summed E-state index contributed by atoms with van der Waals surface area (Å²) in [7, 11) is 0. The predicted octanol–water partition coefficient (Wildman–Crippen LogP) is 3.83. The van der Waals surface area contributed by atoms with Crippen molar-refractivity contribution in [2.24, 2.45) is 4.99 Å². The fourth-order valence-corrected chi connectivity index (χ4v) is 3.35. The molecule has 7 heteroatoms. The zero-order valence-corrected chi connectivity index (χ0v) is 16.3. The Morgan fingerprint density at radius 2 is 2.00 bits per heavy atom. The summed E-state index contributed by atoms with van der Waals surface area (Å²) in [6.45, 7) is 0.744. The molecule has 0 amide bonds. The Balaban J connectivity index is 1.65. The molecule has 2 aromatic heterocycles. The van der Waals surface area contributed by atoms with Crippen molar-refractivity contribution in [3.05, 3.63) is 86.2 Å². The highest BCUT2D eigenvalue weighted by Crippen LogP contribution is 2.24. The van der Waals surface area contributed by atoms with Crippen molar-refractivity contribution in [2.75, 3.05) is 0 Å². The van der Waals surface area contributed by atoms with Crippen LogP contribution in [-0.4, -0.2) is 25.9 Å². The van der Waals surface area contributed by atoms with Crippen molar-refractivity contribution in [1.29, 1.82) is 0 Å². The fraction of sp³-hybridized carbons (Fsp3) is 0.0500. The van der Waals surface area contributed by atoms with Crippen LogP contribution in [0.5, 0.6) is 5.88 Å². The van der Waals surface area contributed by atoms with E-state index in [2.05, 4.69) is 37.6 Å². The average molecular weight is 470 g/mol. The molecule has 0 atom stereocenters. The van der Waals surface area contributed by atoms with Crippen molar-refractivity contribution >= 4 is 45.3 Å². The van der Waals surface area contributed by atoms with Crippen LogP contribution in [0, 0.1) is 3.57 Å². The summed E-state index contributed by atoms with van der Waals surface area (Å²) < 4.78 is 2.97. The number of nitrogens with one attached hydrogen (secondary N) is 1. The molecule has 2 aromatic carbocycles. The van der Waals surface area contributed by atoms with Crippen LogP contribution in [0.15, 0.2) is 71.0 Å². The van der Waals surface area contributed by atoms with Crippen LogP contribution in [0.25, 0.3) is 10.8 Å². The van der Waals surface area contributed by atoms with Crippen molar-refractivity contribution < 1.29 is 5.11 Å². The number of aromatic nitrogens is 3. The van der Waals surface area contributed by atoms with Gasteiger partial charge in [0, 0.05) is 39.5 Å². The quantitative estimate of drug-likeness (QED) is 0.351. The lowest BCUT2D eigenvalue weighted by atomic mass is 10.1. The lowest BCUT2D eigenvalue weighted by Gasteiger charge is -2.05. The second-order valence-corrected chi connectivity index (χ2v) is 7.31. The van der Waals surface area contributed by atoms with Gasteiger partial charge >= 0.3 is 0 Å². The Bertz CT molecular complexity index is 1180. The number of nitrogens with zero attached hydrogens (tertiary/aromatic N) is 3. The largest absolute Gasteiger partial charge is 0.494 e. The molecule has 2 N–H and O–H groups in total. The summed E-state index contributed by atoms with van der Waals surface area (Å²) in [5.41, 5.74) is 2.07. The maximum atomic E-state index is 12.0. The van der Waals surface area contributed by atoms with Crippen molar-refractivity contribution in [3.63, 3.8) is 0 Å². The second-order valence-electron chi connectivity index (χ2n) is 6.07. The van der Waals surface area contributed by atoms with Gasteiger partial charge in [-0.25, -0.2) is 4.98 Å². The van der Waals surface area contributed by atoms with Crippen molar-refractivity contribution in [1.82, 2.24) is 14.5 Å². The molecular weight excluding hydrogens is 455 g/mol.